The standard InChI is InChI=1S/C12H15FN2OS/c13-9-1-3-10(4-2-9)15-12(16)8-17-11-5-6-14-7-11/h1-4,11,14H,5-8H2,(H,15,16). The van der Waals surface area contributed by atoms with Crippen LogP contribution in [-0.2, 0) is 4.79 Å². The van der Waals surface area contributed by atoms with E-state index in [1.165, 1.54) is 12.1 Å². The lowest BCUT2D eigenvalue weighted by Gasteiger charge is -2.08. The second-order valence-electron chi connectivity index (χ2n) is 3.98. The molecule has 1 aromatic rings. The zero-order valence-electron chi connectivity index (χ0n) is 9.41. The quantitative estimate of drug-likeness (QED) is 0.861. The lowest BCUT2D eigenvalue weighted by atomic mass is 10.3. The van der Waals surface area contributed by atoms with Gasteiger partial charge in [-0.15, -0.1) is 11.8 Å². The number of hydrogen-bond acceptors (Lipinski definition) is 3. The highest BCUT2D eigenvalue weighted by Crippen LogP contribution is 2.17. The number of hydrogen-bond donors (Lipinski definition) is 2. The van der Waals surface area contributed by atoms with Gasteiger partial charge in [0.1, 0.15) is 5.82 Å². The molecule has 2 rings (SSSR count). The summed E-state index contributed by atoms with van der Waals surface area (Å²) in [5.41, 5.74) is 0.640. The molecule has 1 unspecified atom stereocenters. The number of halogens is 1. The Morgan fingerprint density at radius 1 is 1.47 bits per heavy atom. The summed E-state index contributed by atoms with van der Waals surface area (Å²) in [4.78, 5) is 11.6. The maximum atomic E-state index is 12.7. The van der Waals surface area contributed by atoms with Crippen molar-refractivity contribution in [1.29, 1.82) is 0 Å². The lowest BCUT2D eigenvalue weighted by Crippen LogP contribution is -2.17. The Morgan fingerprint density at radius 2 is 2.24 bits per heavy atom. The first-order chi connectivity index (χ1) is 8.24. The smallest absolute Gasteiger partial charge is 0.234 e. The van der Waals surface area contributed by atoms with Crippen LogP contribution < -0.4 is 10.6 Å². The molecule has 1 saturated heterocycles. The van der Waals surface area contributed by atoms with E-state index in [2.05, 4.69) is 10.6 Å². The number of nitrogens with one attached hydrogen (secondary N) is 2. The van der Waals surface area contributed by atoms with Crippen molar-refractivity contribution in [1.82, 2.24) is 5.32 Å². The molecule has 17 heavy (non-hydrogen) atoms. The number of carbonyl (C=O) groups is 1. The maximum absolute atomic E-state index is 12.7. The lowest BCUT2D eigenvalue weighted by molar-refractivity contribution is -0.113. The molecule has 0 aliphatic carbocycles. The van der Waals surface area contributed by atoms with Gasteiger partial charge >= 0.3 is 0 Å². The van der Waals surface area contributed by atoms with Crippen LogP contribution in [0.5, 0.6) is 0 Å². The molecule has 1 amide bonds. The van der Waals surface area contributed by atoms with Crippen LogP contribution in [0.1, 0.15) is 6.42 Å². The third-order valence-corrected chi connectivity index (χ3v) is 3.90. The van der Waals surface area contributed by atoms with Gasteiger partial charge in [-0.2, -0.15) is 0 Å². The monoisotopic (exact) mass is 254 g/mol. The number of benzene rings is 1. The second kappa shape index (κ2) is 6.02. The van der Waals surface area contributed by atoms with Gasteiger partial charge in [0.2, 0.25) is 5.91 Å². The van der Waals surface area contributed by atoms with Crippen molar-refractivity contribution in [2.24, 2.45) is 0 Å². The number of rotatable bonds is 4. The van der Waals surface area contributed by atoms with E-state index >= 15 is 0 Å². The average molecular weight is 254 g/mol. The minimum absolute atomic E-state index is 0.0338. The van der Waals surface area contributed by atoms with Crippen molar-refractivity contribution in [3.8, 4) is 0 Å². The Morgan fingerprint density at radius 3 is 2.88 bits per heavy atom. The molecule has 1 aromatic carbocycles. The van der Waals surface area contributed by atoms with Crippen LogP contribution >= 0.6 is 11.8 Å². The van der Waals surface area contributed by atoms with Crippen molar-refractivity contribution in [3.63, 3.8) is 0 Å². The fourth-order valence-corrected chi connectivity index (χ4v) is 2.67. The minimum atomic E-state index is -0.297. The van der Waals surface area contributed by atoms with E-state index in [4.69, 9.17) is 0 Å². The van der Waals surface area contributed by atoms with Gasteiger partial charge in [-0.3, -0.25) is 4.79 Å². The van der Waals surface area contributed by atoms with Gasteiger partial charge < -0.3 is 10.6 Å². The summed E-state index contributed by atoms with van der Waals surface area (Å²) in [6, 6.07) is 5.80. The zero-order valence-corrected chi connectivity index (χ0v) is 10.2. The van der Waals surface area contributed by atoms with E-state index in [9.17, 15) is 9.18 Å². The van der Waals surface area contributed by atoms with Gasteiger partial charge in [0.15, 0.2) is 0 Å². The van der Waals surface area contributed by atoms with E-state index in [-0.39, 0.29) is 11.7 Å². The second-order valence-corrected chi connectivity index (χ2v) is 5.27. The first-order valence-corrected chi connectivity index (χ1v) is 6.66. The normalized spacial score (nSPS) is 19.2. The molecule has 2 N–H and O–H groups in total. The summed E-state index contributed by atoms with van der Waals surface area (Å²) in [7, 11) is 0. The molecule has 0 saturated carbocycles. The van der Waals surface area contributed by atoms with Crippen LogP contribution in [0.3, 0.4) is 0 Å². The molecule has 0 radical (unpaired) electrons. The summed E-state index contributed by atoms with van der Waals surface area (Å²) < 4.78 is 12.7. The van der Waals surface area contributed by atoms with Gasteiger partial charge in [0.25, 0.3) is 0 Å². The summed E-state index contributed by atoms with van der Waals surface area (Å²) in [5.74, 6) is 0.118. The molecule has 0 spiro atoms. The van der Waals surface area contributed by atoms with E-state index in [0.29, 0.717) is 16.7 Å². The van der Waals surface area contributed by atoms with Gasteiger partial charge in [-0.05, 0) is 37.2 Å². The Balaban J connectivity index is 1.74. The van der Waals surface area contributed by atoms with Crippen LogP contribution in [0.15, 0.2) is 24.3 Å². The molecule has 0 bridgehead atoms. The van der Waals surface area contributed by atoms with Crippen molar-refractivity contribution in [2.75, 3.05) is 24.2 Å². The summed E-state index contributed by atoms with van der Waals surface area (Å²) in [6.07, 6.45) is 1.12. The molecule has 1 atom stereocenters. The zero-order chi connectivity index (χ0) is 12.1. The molecular weight excluding hydrogens is 239 g/mol. The maximum Gasteiger partial charge on any atom is 0.234 e. The Kier molecular flexibility index (Phi) is 4.39. The number of carbonyl (C=O) groups excluding carboxylic acids is 1. The minimum Gasteiger partial charge on any atom is -0.325 e. The molecule has 5 heteroatoms. The van der Waals surface area contributed by atoms with E-state index in [0.717, 1.165) is 19.5 Å². The third kappa shape index (κ3) is 4.02. The van der Waals surface area contributed by atoms with Gasteiger partial charge in [-0.25, -0.2) is 4.39 Å². The van der Waals surface area contributed by atoms with Gasteiger partial charge in [0, 0.05) is 17.5 Å². The van der Waals surface area contributed by atoms with Crippen LogP contribution in [0.4, 0.5) is 10.1 Å². The third-order valence-electron chi connectivity index (χ3n) is 2.59. The number of amides is 1. The molecular formula is C12H15FN2OS. The van der Waals surface area contributed by atoms with Crippen molar-refractivity contribution >= 4 is 23.4 Å². The SMILES string of the molecule is O=C(CSC1CCNC1)Nc1ccc(F)cc1. The molecule has 1 aliphatic heterocycles. The van der Waals surface area contributed by atoms with Crippen molar-refractivity contribution in [2.45, 2.75) is 11.7 Å². The summed E-state index contributed by atoms with van der Waals surface area (Å²) in [5, 5.41) is 6.54. The van der Waals surface area contributed by atoms with E-state index in [1.54, 1.807) is 23.9 Å². The highest BCUT2D eigenvalue weighted by Gasteiger charge is 2.16. The Hall–Kier alpha value is -1.07. The molecule has 1 heterocycles. The number of anilines is 1. The Bertz CT molecular complexity index is 377. The van der Waals surface area contributed by atoms with E-state index < -0.39 is 0 Å². The summed E-state index contributed by atoms with van der Waals surface area (Å²) >= 11 is 1.67. The van der Waals surface area contributed by atoms with Crippen LogP contribution in [0.2, 0.25) is 0 Å². The average Bonchev–Trinajstić information content (AvgIpc) is 2.83. The van der Waals surface area contributed by atoms with Crippen LogP contribution in [0, 0.1) is 5.82 Å². The Labute approximate surface area is 104 Å². The molecule has 1 aliphatic rings. The number of thioether (sulfide) groups is 1. The van der Waals surface area contributed by atoms with Crippen molar-refractivity contribution < 1.29 is 9.18 Å². The van der Waals surface area contributed by atoms with Gasteiger partial charge in [0.05, 0.1) is 5.75 Å². The van der Waals surface area contributed by atoms with Crippen molar-refractivity contribution in [3.05, 3.63) is 30.1 Å². The van der Waals surface area contributed by atoms with Crippen LogP contribution in [-0.4, -0.2) is 30.0 Å². The predicted octanol–water partition coefficient (Wildman–Crippen LogP) is 1.86. The van der Waals surface area contributed by atoms with Gasteiger partial charge in [-0.1, -0.05) is 0 Å². The topological polar surface area (TPSA) is 41.1 Å². The van der Waals surface area contributed by atoms with Crippen LogP contribution in [0.25, 0.3) is 0 Å². The fraction of sp³-hybridized carbons (Fsp3) is 0.417. The molecule has 3 nitrogen and oxygen atoms in total. The predicted molar refractivity (Wildman–Crippen MR) is 68.8 cm³/mol. The fourth-order valence-electron chi connectivity index (χ4n) is 1.69. The highest BCUT2D eigenvalue weighted by atomic mass is 32.2. The highest BCUT2D eigenvalue weighted by molar-refractivity contribution is 8.00. The molecule has 1 fully saturated rings. The van der Waals surface area contributed by atoms with E-state index in [1.807, 2.05) is 0 Å². The largest absolute Gasteiger partial charge is 0.325 e. The molecule has 92 valence electrons. The molecule has 0 aromatic heterocycles. The summed E-state index contributed by atoms with van der Waals surface area (Å²) in [6.45, 7) is 2.02. The first-order valence-electron chi connectivity index (χ1n) is 5.62. The first kappa shape index (κ1) is 12.4.